The van der Waals surface area contributed by atoms with E-state index < -0.39 is 0 Å². The average molecular weight is 141 g/mol. The van der Waals surface area contributed by atoms with Crippen LogP contribution in [0.1, 0.15) is 19.3 Å². The van der Waals surface area contributed by atoms with E-state index in [9.17, 15) is 0 Å². The van der Waals surface area contributed by atoms with Crippen LogP contribution in [0.5, 0.6) is 0 Å². The number of hydrogen-bond donors (Lipinski definition) is 1. The van der Waals surface area contributed by atoms with Crippen LogP contribution in [0.3, 0.4) is 0 Å². The summed E-state index contributed by atoms with van der Waals surface area (Å²) >= 11 is 0. The number of nitrogens with two attached hydrogens (primary N) is 1. The third-order valence-corrected chi connectivity index (χ3v) is 1.70. The molecule has 1 aliphatic rings. The Kier molecular flexibility index (Phi) is 3.47. The molecule has 1 fully saturated rings. The van der Waals surface area contributed by atoms with Gasteiger partial charge in [-0.2, -0.15) is 0 Å². The Morgan fingerprint density at radius 3 is 3.00 bits per heavy atom. The standard InChI is InChI=1S/C8H15NO/c9-6-3-5-8-4-1-2-7-10-8/h3,5,8H,1-2,4,6-7,9H2/b5-3+. The highest BCUT2D eigenvalue weighted by Crippen LogP contribution is 2.12. The van der Waals surface area contributed by atoms with E-state index in [1.807, 2.05) is 6.08 Å². The molecule has 0 bridgehead atoms. The van der Waals surface area contributed by atoms with Crippen molar-refractivity contribution in [3.05, 3.63) is 12.2 Å². The van der Waals surface area contributed by atoms with Gasteiger partial charge in [-0.15, -0.1) is 0 Å². The molecule has 0 radical (unpaired) electrons. The molecular weight excluding hydrogens is 126 g/mol. The van der Waals surface area contributed by atoms with Gasteiger partial charge in [0.2, 0.25) is 0 Å². The van der Waals surface area contributed by atoms with Gasteiger partial charge in [0.1, 0.15) is 0 Å². The summed E-state index contributed by atoms with van der Waals surface area (Å²) in [5.41, 5.74) is 5.30. The van der Waals surface area contributed by atoms with Crippen LogP contribution in [0.15, 0.2) is 12.2 Å². The predicted molar refractivity (Wildman–Crippen MR) is 41.8 cm³/mol. The van der Waals surface area contributed by atoms with Crippen molar-refractivity contribution < 1.29 is 4.74 Å². The highest BCUT2D eigenvalue weighted by Gasteiger charge is 2.08. The largest absolute Gasteiger partial charge is 0.374 e. The fourth-order valence-corrected chi connectivity index (χ4v) is 1.15. The minimum absolute atomic E-state index is 0.345. The summed E-state index contributed by atoms with van der Waals surface area (Å²) in [4.78, 5) is 0. The zero-order chi connectivity index (χ0) is 7.23. The van der Waals surface area contributed by atoms with Crippen LogP contribution >= 0.6 is 0 Å². The van der Waals surface area contributed by atoms with E-state index in [0.717, 1.165) is 13.0 Å². The second-order valence-electron chi connectivity index (χ2n) is 2.57. The molecule has 0 spiro atoms. The maximum absolute atomic E-state index is 5.44. The monoisotopic (exact) mass is 141 g/mol. The predicted octanol–water partition coefficient (Wildman–Crippen LogP) is 1.07. The van der Waals surface area contributed by atoms with E-state index in [0.29, 0.717) is 12.6 Å². The Labute approximate surface area is 62.1 Å². The molecule has 10 heavy (non-hydrogen) atoms. The lowest BCUT2D eigenvalue weighted by molar-refractivity contribution is 0.0465. The van der Waals surface area contributed by atoms with Gasteiger partial charge in [0.05, 0.1) is 6.10 Å². The van der Waals surface area contributed by atoms with Crippen LogP contribution < -0.4 is 5.73 Å². The quantitative estimate of drug-likeness (QED) is 0.584. The van der Waals surface area contributed by atoms with Crippen molar-refractivity contribution in [2.24, 2.45) is 5.73 Å². The lowest BCUT2D eigenvalue weighted by atomic mass is 10.1. The number of rotatable bonds is 2. The van der Waals surface area contributed by atoms with Crippen molar-refractivity contribution in [2.45, 2.75) is 25.4 Å². The molecule has 1 rings (SSSR count). The molecular formula is C8H15NO. The van der Waals surface area contributed by atoms with Crippen molar-refractivity contribution >= 4 is 0 Å². The van der Waals surface area contributed by atoms with Crippen molar-refractivity contribution in [2.75, 3.05) is 13.2 Å². The Hall–Kier alpha value is -0.340. The minimum Gasteiger partial charge on any atom is -0.374 e. The first kappa shape index (κ1) is 7.76. The van der Waals surface area contributed by atoms with Crippen molar-refractivity contribution in [1.82, 2.24) is 0 Å². The first-order valence-electron chi connectivity index (χ1n) is 3.92. The SMILES string of the molecule is NC/C=C/C1CCCCO1. The second-order valence-corrected chi connectivity index (χ2v) is 2.57. The summed E-state index contributed by atoms with van der Waals surface area (Å²) < 4.78 is 5.44. The highest BCUT2D eigenvalue weighted by molar-refractivity contribution is 4.91. The molecule has 1 saturated heterocycles. The molecule has 0 aromatic rings. The third kappa shape index (κ3) is 2.50. The zero-order valence-electron chi connectivity index (χ0n) is 6.25. The molecule has 2 nitrogen and oxygen atoms in total. The zero-order valence-corrected chi connectivity index (χ0v) is 6.25. The van der Waals surface area contributed by atoms with Crippen LogP contribution in [-0.4, -0.2) is 19.3 Å². The fourth-order valence-electron chi connectivity index (χ4n) is 1.15. The van der Waals surface area contributed by atoms with E-state index in [1.165, 1.54) is 12.8 Å². The molecule has 2 heteroatoms. The molecule has 0 aliphatic carbocycles. The average Bonchev–Trinajstić information content (AvgIpc) is 2.03. The molecule has 2 N–H and O–H groups in total. The molecule has 58 valence electrons. The van der Waals surface area contributed by atoms with Gasteiger partial charge in [-0.05, 0) is 19.3 Å². The Morgan fingerprint density at radius 2 is 2.40 bits per heavy atom. The summed E-state index contributed by atoms with van der Waals surface area (Å²) in [6, 6.07) is 0. The van der Waals surface area contributed by atoms with Gasteiger partial charge in [0, 0.05) is 13.2 Å². The summed E-state index contributed by atoms with van der Waals surface area (Å²) in [6.45, 7) is 1.54. The van der Waals surface area contributed by atoms with Crippen LogP contribution in [-0.2, 0) is 4.74 Å². The molecule has 1 aliphatic heterocycles. The smallest absolute Gasteiger partial charge is 0.0756 e. The first-order chi connectivity index (χ1) is 4.93. The minimum atomic E-state index is 0.345. The summed E-state index contributed by atoms with van der Waals surface area (Å²) in [5.74, 6) is 0. The van der Waals surface area contributed by atoms with Gasteiger partial charge >= 0.3 is 0 Å². The van der Waals surface area contributed by atoms with Gasteiger partial charge < -0.3 is 10.5 Å². The van der Waals surface area contributed by atoms with Gasteiger partial charge in [0.25, 0.3) is 0 Å². The maximum atomic E-state index is 5.44. The molecule has 0 aromatic carbocycles. The van der Waals surface area contributed by atoms with E-state index in [-0.39, 0.29) is 0 Å². The summed E-state index contributed by atoms with van der Waals surface area (Å²) in [7, 11) is 0. The Bertz CT molecular complexity index is 106. The Morgan fingerprint density at radius 1 is 1.50 bits per heavy atom. The number of hydrogen-bond acceptors (Lipinski definition) is 2. The van der Waals surface area contributed by atoms with Crippen molar-refractivity contribution in [3.63, 3.8) is 0 Å². The van der Waals surface area contributed by atoms with E-state index in [2.05, 4.69) is 6.08 Å². The third-order valence-electron chi connectivity index (χ3n) is 1.70. The van der Waals surface area contributed by atoms with Gasteiger partial charge in [-0.3, -0.25) is 0 Å². The lowest BCUT2D eigenvalue weighted by Gasteiger charge is -2.18. The first-order valence-corrected chi connectivity index (χ1v) is 3.92. The molecule has 1 atom stereocenters. The number of ether oxygens (including phenoxy) is 1. The van der Waals surface area contributed by atoms with Crippen LogP contribution in [0.2, 0.25) is 0 Å². The van der Waals surface area contributed by atoms with E-state index in [4.69, 9.17) is 10.5 Å². The highest BCUT2D eigenvalue weighted by atomic mass is 16.5. The van der Waals surface area contributed by atoms with Crippen LogP contribution in [0.4, 0.5) is 0 Å². The lowest BCUT2D eigenvalue weighted by Crippen LogP contribution is -2.16. The molecule has 1 heterocycles. The Balaban J connectivity index is 2.19. The summed E-state index contributed by atoms with van der Waals surface area (Å²) in [5, 5.41) is 0. The molecule has 0 amide bonds. The van der Waals surface area contributed by atoms with Gasteiger partial charge in [-0.25, -0.2) is 0 Å². The molecule has 0 aromatic heterocycles. The van der Waals surface area contributed by atoms with Crippen molar-refractivity contribution in [1.29, 1.82) is 0 Å². The molecule has 1 unspecified atom stereocenters. The van der Waals surface area contributed by atoms with Crippen LogP contribution in [0.25, 0.3) is 0 Å². The van der Waals surface area contributed by atoms with Gasteiger partial charge in [0.15, 0.2) is 0 Å². The normalized spacial score (nSPS) is 27.5. The van der Waals surface area contributed by atoms with Crippen molar-refractivity contribution in [3.8, 4) is 0 Å². The molecule has 0 saturated carbocycles. The summed E-state index contributed by atoms with van der Waals surface area (Å²) in [6.07, 6.45) is 8.05. The maximum Gasteiger partial charge on any atom is 0.0756 e. The van der Waals surface area contributed by atoms with E-state index >= 15 is 0 Å². The van der Waals surface area contributed by atoms with Gasteiger partial charge in [-0.1, -0.05) is 12.2 Å². The fraction of sp³-hybridized carbons (Fsp3) is 0.750. The van der Waals surface area contributed by atoms with E-state index in [1.54, 1.807) is 0 Å². The van der Waals surface area contributed by atoms with Crippen LogP contribution in [0, 0.1) is 0 Å². The second kappa shape index (κ2) is 4.47. The topological polar surface area (TPSA) is 35.2 Å².